The van der Waals surface area contributed by atoms with Gasteiger partial charge >= 0.3 is 6.03 Å². The molecular weight excluding hydrogens is 240 g/mol. The van der Waals surface area contributed by atoms with Crippen molar-refractivity contribution in [1.82, 2.24) is 10.2 Å². The lowest BCUT2D eigenvalue weighted by atomic mass is 10.0. The summed E-state index contributed by atoms with van der Waals surface area (Å²) < 4.78 is 5.23. The van der Waals surface area contributed by atoms with E-state index in [-0.39, 0.29) is 12.6 Å². The molecule has 0 spiro atoms. The summed E-state index contributed by atoms with van der Waals surface area (Å²) >= 11 is 0. The molecule has 0 saturated heterocycles. The third-order valence-corrected chi connectivity index (χ3v) is 3.28. The van der Waals surface area contributed by atoms with E-state index in [1.165, 1.54) is 11.1 Å². The number of nitrogens with one attached hydrogen (secondary N) is 1. The molecule has 0 fully saturated rings. The number of amides is 2. The molecule has 1 N–H and O–H groups in total. The van der Waals surface area contributed by atoms with E-state index in [2.05, 4.69) is 17.3 Å². The van der Waals surface area contributed by atoms with Gasteiger partial charge in [0.1, 0.15) is 5.75 Å². The van der Waals surface area contributed by atoms with Gasteiger partial charge in [0.25, 0.3) is 0 Å². The first kappa shape index (κ1) is 13.3. The van der Waals surface area contributed by atoms with Crippen LogP contribution in [0.15, 0.2) is 18.2 Å². The van der Waals surface area contributed by atoms with Crippen LogP contribution in [0, 0.1) is 12.3 Å². The van der Waals surface area contributed by atoms with E-state index in [0.717, 1.165) is 25.1 Å². The predicted molar refractivity (Wildman–Crippen MR) is 74.0 cm³/mol. The molecular formula is C15H18N2O2. The first-order chi connectivity index (χ1) is 9.24. The molecule has 1 aromatic rings. The molecule has 2 rings (SSSR count). The second-order valence-corrected chi connectivity index (χ2v) is 4.52. The van der Waals surface area contributed by atoms with Gasteiger partial charge in [0.2, 0.25) is 0 Å². The van der Waals surface area contributed by atoms with Crippen LogP contribution in [-0.2, 0) is 13.0 Å². The van der Waals surface area contributed by atoms with E-state index in [9.17, 15) is 4.79 Å². The number of hydrogen-bond acceptors (Lipinski definition) is 2. The number of fused-ring (bicyclic) bond motifs is 1. The number of carbonyl (C=O) groups excluding carboxylic acids is 1. The van der Waals surface area contributed by atoms with Gasteiger partial charge in [0.05, 0.1) is 13.7 Å². The van der Waals surface area contributed by atoms with Crippen molar-refractivity contribution in [1.29, 1.82) is 0 Å². The van der Waals surface area contributed by atoms with Gasteiger partial charge in [-0.2, -0.15) is 0 Å². The lowest BCUT2D eigenvalue weighted by molar-refractivity contribution is 0.197. The van der Waals surface area contributed by atoms with Crippen LogP contribution in [0.3, 0.4) is 0 Å². The van der Waals surface area contributed by atoms with Gasteiger partial charge in [-0.1, -0.05) is 12.0 Å². The fourth-order valence-corrected chi connectivity index (χ4v) is 2.27. The van der Waals surface area contributed by atoms with Crippen molar-refractivity contribution in [2.75, 3.05) is 20.2 Å². The fraction of sp³-hybridized carbons (Fsp3) is 0.400. The molecule has 1 heterocycles. The number of ether oxygens (including phenoxy) is 1. The average Bonchev–Trinajstić information content (AvgIpc) is 2.65. The molecule has 0 bridgehead atoms. The second kappa shape index (κ2) is 6.14. The number of rotatable bonds is 2. The number of hydrogen-bond donors (Lipinski definition) is 1. The molecule has 4 nitrogen and oxygen atoms in total. The minimum atomic E-state index is -0.0957. The quantitative estimate of drug-likeness (QED) is 0.822. The van der Waals surface area contributed by atoms with Crippen LogP contribution < -0.4 is 10.1 Å². The Balaban J connectivity index is 2.12. The van der Waals surface area contributed by atoms with E-state index in [1.807, 2.05) is 12.1 Å². The highest BCUT2D eigenvalue weighted by molar-refractivity contribution is 5.74. The largest absolute Gasteiger partial charge is 0.497 e. The van der Waals surface area contributed by atoms with Gasteiger partial charge in [-0.3, -0.25) is 0 Å². The molecule has 0 saturated carbocycles. The zero-order chi connectivity index (χ0) is 13.7. The summed E-state index contributed by atoms with van der Waals surface area (Å²) in [4.78, 5) is 13.7. The van der Waals surface area contributed by atoms with Gasteiger partial charge in [-0.05, 0) is 36.1 Å². The Labute approximate surface area is 113 Å². The van der Waals surface area contributed by atoms with Crippen molar-refractivity contribution in [3.05, 3.63) is 29.3 Å². The molecule has 0 aliphatic carbocycles. The highest BCUT2D eigenvalue weighted by atomic mass is 16.5. The monoisotopic (exact) mass is 258 g/mol. The number of nitrogens with zero attached hydrogens (tertiary/aromatic N) is 1. The first-order valence-electron chi connectivity index (χ1n) is 6.36. The average molecular weight is 258 g/mol. The first-order valence-corrected chi connectivity index (χ1v) is 6.36. The maximum absolute atomic E-state index is 11.9. The van der Waals surface area contributed by atoms with Crippen molar-refractivity contribution in [3.8, 4) is 18.1 Å². The fourth-order valence-electron chi connectivity index (χ4n) is 2.27. The van der Waals surface area contributed by atoms with E-state index < -0.39 is 0 Å². The summed E-state index contributed by atoms with van der Waals surface area (Å²) in [5, 5.41) is 2.71. The van der Waals surface area contributed by atoms with Gasteiger partial charge in [0.15, 0.2) is 0 Å². The van der Waals surface area contributed by atoms with Crippen molar-refractivity contribution in [2.45, 2.75) is 19.4 Å². The summed E-state index contributed by atoms with van der Waals surface area (Å²) in [6, 6.07) is 5.92. The highest BCUT2D eigenvalue weighted by Crippen LogP contribution is 2.23. The SMILES string of the molecule is C#CCNC(=O)N1CCCc2cc(OC)ccc2C1. The number of aryl methyl sites for hydroxylation is 1. The van der Waals surface area contributed by atoms with Gasteiger partial charge in [-0.25, -0.2) is 4.79 Å². The molecule has 100 valence electrons. The van der Waals surface area contributed by atoms with Crippen molar-refractivity contribution < 1.29 is 9.53 Å². The minimum absolute atomic E-state index is 0.0957. The van der Waals surface area contributed by atoms with Crippen molar-refractivity contribution in [2.24, 2.45) is 0 Å². The summed E-state index contributed by atoms with van der Waals surface area (Å²) in [6.45, 7) is 1.63. The van der Waals surface area contributed by atoms with Crippen LogP contribution in [0.25, 0.3) is 0 Å². The van der Waals surface area contributed by atoms with Crippen LogP contribution in [0.5, 0.6) is 5.75 Å². The lowest BCUT2D eigenvalue weighted by Gasteiger charge is -2.20. The summed E-state index contributed by atoms with van der Waals surface area (Å²) in [6.07, 6.45) is 7.06. The Morgan fingerprint density at radius 3 is 3.11 bits per heavy atom. The normalized spacial score (nSPS) is 14.0. The maximum atomic E-state index is 11.9. The third-order valence-electron chi connectivity index (χ3n) is 3.28. The topological polar surface area (TPSA) is 41.6 Å². The number of terminal acetylenes is 1. The van der Waals surface area contributed by atoms with Crippen molar-refractivity contribution >= 4 is 6.03 Å². The maximum Gasteiger partial charge on any atom is 0.318 e. The third kappa shape index (κ3) is 3.19. The van der Waals surface area contributed by atoms with E-state index >= 15 is 0 Å². The van der Waals surface area contributed by atoms with Gasteiger partial charge in [0, 0.05) is 13.1 Å². The molecule has 1 aromatic carbocycles. The van der Waals surface area contributed by atoms with Crippen molar-refractivity contribution in [3.63, 3.8) is 0 Å². The summed E-state index contributed by atoms with van der Waals surface area (Å²) in [5.41, 5.74) is 2.43. The van der Waals surface area contributed by atoms with Crippen LogP contribution in [0.4, 0.5) is 4.79 Å². The van der Waals surface area contributed by atoms with E-state index in [1.54, 1.807) is 12.0 Å². The number of carbonyl (C=O) groups is 1. The molecule has 1 aliphatic heterocycles. The van der Waals surface area contributed by atoms with Crippen LogP contribution in [0.2, 0.25) is 0 Å². The smallest absolute Gasteiger partial charge is 0.318 e. The predicted octanol–water partition coefficient (Wildman–Crippen LogP) is 1.79. The number of urea groups is 1. The van der Waals surface area contributed by atoms with E-state index in [0.29, 0.717) is 6.54 Å². The minimum Gasteiger partial charge on any atom is -0.497 e. The Bertz CT molecular complexity index is 505. The Morgan fingerprint density at radius 1 is 1.53 bits per heavy atom. The zero-order valence-corrected chi connectivity index (χ0v) is 11.1. The molecule has 0 unspecified atom stereocenters. The number of methoxy groups -OCH3 is 1. The summed E-state index contributed by atoms with van der Waals surface area (Å²) in [7, 11) is 1.66. The molecule has 1 aliphatic rings. The van der Waals surface area contributed by atoms with Crippen LogP contribution >= 0.6 is 0 Å². The molecule has 4 heteroatoms. The standard InChI is InChI=1S/C15H18N2O2/c1-3-8-16-15(18)17-9-4-5-12-10-14(19-2)7-6-13(12)11-17/h1,6-7,10H,4-5,8-9,11H2,2H3,(H,16,18). The van der Waals surface area contributed by atoms with E-state index in [4.69, 9.17) is 11.2 Å². The van der Waals surface area contributed by atoms with Gasteiger partial charge in [-0.15, -0.1) is 6.42 Å². The molecule has 19 heavy (non-hydrogen) atoms. The molecule has 0 aromatic heterocycles. The second-order valence-electron chi connectivity index (χ2n) is 4.52. The van der Waals surface area contributed by atoms with Gasteiger partial charge < -0.3 is 15.0 Å². The zero-order valence-electron chi connectivity index (χ0n) is 11.1. The molecule has 0 radical (unpaired) electrons. The summed E-state index contributed by atoms with van der Waals surface area (Å²) in [5.74, 6) is 3.28. The molecule has 2 amide bonds. The molecule has 0 atom stereocenters. The van der Waals surface area contributed by atoms with Crippen LogP contribution in [0.1, 0.15) is 17.5 Å². The number of benzene rings is 1. The Morgan fingerprint density at radius 2 is 2.37 bits per heavy atom. The Hall–Kier alpha value is -2.15. The Kier molecular flexibility index (Phi) is 4.30. The highest BCUT2D eigenvalue weighted by Gasteiger charge is 2.18. The van der Waals surface area contributed by atoms with Crippen LogP contribution in [-0.4, -0.2) is 31.1 Å². The lowest BCUT2D eigenvalue weighted by Crippen LogP contribution is -2.39.